The van der Waals surface area contributed by atoms with Crippen LogP contribution in [0.1, 0.15) is 65.2 Å². The minimum Gasteiger partial charge on any atom is -0.466 e. The van der Waals surface area contributed by atoms with Crippen LogP contribution < -0.4 is 5.32 Å². The summed E-state index contributed by atoms with van der Waals surface area (Å²) in [5, 5.41) is 13.8. The molecular formula is C16H31NO3. The van der Waals surface area contributed by atoms with Crippen LogP contribution in [0, 0.1) is 5.92 Å². The average Bonchev–Trinajstić information content (AvgIpc) is 2.44. The first-order valence-electron chi connectivity index (χ1n) is 8.21. The van der Waals surface area contributed by atoms with Gasteiger partial charge in [0.2, 0.25) is 0 Å². The predicted octanol–water partition coefficient (Wildman–Crippen LogP) is 2.64. The van der Waals surface area contributed by atoms with Crippen molar-refractivity contribution >= 4 is 5.97 Å². The lowest BCUT2D eigenvalue weighted by Gasteiger charge is -2.35. The van der Waals surface area contributed by atoms with E-state index in [1.165, 1.54) is 25.7 Å². The number of esters is 1. The Hall–Kier alpha value is -0.610. The predicted molar refractivity (Wildman–Crippen MR) is 80.6 cm³/mol. The van der Waals surface area contributed by atoms with Gasteiger partial charge in [0, 0.05) is 6.54 Å². The van der Waals surface area contributed by atoms with Gasteiger partial charge >= 0.3 is 5.97 Å². The van der Waals surface area contributed by atoms with Crippen molar-refractivity contribution in [3.05, 3.63) is 0 Å². The third kappa shape index (κ3) is 6.23. The largest absolute Gasteiger partial charge is 0.466 e. The molecule has 0 saturated heterocycles. The first-order valence-corrected chi connectivity index (χ1v) is 8.21. The van der Waals surface area contributed by atoms with E-state index < -0.39 is 5.60 Å². The Labute approximate surface area is 123 Å². The maximum atomic E-state index is 11.7. The molecule has 1 rings (SSSR count). The van der Waals surface area contributed by atoms with Gasteiger partial charge in [-0.25, -0.2) is 0 Å². The number of ether oxygens (including phenoxy) is 1. The smallest absolute Gasteiger partial charge is 0.308 e. The quantitative estimate of drug-likeness (QED) is 0.505. The van der Waals surface area contributed by atoms with Gasteiger partial charge in [0.25, 0.3) is 0 Å². The molecule has 1 fully saturated rings. The highest BCUT2D eigenvalue weighted by Crippen LogP contribution is 2.32. The number of aliphatic hydroxyl groups is 1. The number of carbonyl (C=O) groups is 1. The summed E-state index contributed by atoms with van der Waals surface area (Å²) in [6.45, 7) is 6.11. The number of unbranched alkanes of at least 4 members (excludes halogenated alkanes) is 3. The topological polar surface area (TPSA) is 58.6 Å². The van der Waals surface area contributed by atoms with Crippen molar-refractivity contribution in [3.8, 4) is 0 Å². The average molecular weight is 285 g/mol. The van der Waals surface area contributed by atoms with Gasteiger partial charge in [0.15, 0.2) is 0 Å². The molecule has 0 aromatic heterocycles. The Bertz CT molecular complexity index is 273. The van der Waals surface area contributed by atoms with Crippen LogP contribution >= 0.6 is 0 Å². The number of hydrogen-bond acceptors (Lipinski definition) is 4. The number of nitrogens with one attached hydrogen (secondary N) is 1. The Balaban J connectivity index is 2.16. The van der Waals surface area contributed by atoms with Crippen molar-refractivity contribution < 1.29 is 14.6 Å². The summed E-state index contributed by atoms with van der Waals surface area (Å²) >= 11 is 0. The molecule has 2 N–H and O–H groups in total. The zero-order valence-electron chi connectivity index (χ0n) is 13.1. The first kappa shape index (κ1) is 17.4. The molecule has 0 spiro atoms. The standard InChI is InChI=1S/C16H31NO3/c1-3-5-6-7-12-17-13-16(19)10-8-14(9-11-16)15(18)20-4-2/h14,17,19H,3-13H2,1-2H3. The van der Waals surface area contributed by atoms with E-state index in [0.717, 1.165) is 19.4 Å². The van der Waals surface area contributed by atoms with Crippen molar-refractivity contribution in [2.45, 2.75) is 70.8 Å². The number of carbonyl (C=O) groups excluding carboxylic acids is 1. The second-order valence-corrected chi connectivity index (χ2v) is 5.99. The van der Waals surface area contributed by atoms with Crippen LogP contribution in [0.25, 0.3) is 0 Å². The summed E-state index contributed by atoms with van der Waals surface area (Å²) in [6, 6.07) is 0. The summed E-state index contributed by atoms with van der Waals surface area (Å²) in [5.41, 5.74) is -0.631. The third-order valence-corrected chi connectivity index (χ3v) is 4.20. The fourth-order valence-electron chi connectivity index (χ4n) is 2.83. The minimum atomic E-state index is -0.631. The lowest BCUT2D eigenvalue weighted by Crippen LogP contribution is -2.44. The van der Waals surface area contributed by atoms with Crippen LogP contribution in [0.15, 0.2) is 0 Å². The number of hydrogen-bond donors (Lipinski definition) is 2. The molecule has 1 aliphatic rings. The molecular weight excluding hydrogens is 254 g/mol. The first-order chi connectivity index (χ1) is 9.61. The van der Waals surface area contributed by atoms with Gasteiger partial charge in [-0.3, -0.25) is 4.79 Å². The molecule has 20 heavy (non-hydrogen) atoms. The van der Waals surface area contributed by atoms with Crippen molar-refractivity contribution in [2.75, 3.05) is 19.7 Å². The fraction of sp³-hybridized carbons (Fsp3) is 0.938. The van der Waals surface area contributed by atoms with Crippen LogP contribution in [0.2, 0.25) is 0 Å². The molecule has 0 aromatic rings. The fourth-order valence-corrected chi connectivity index (χ4v) is 2.83. The van der Waals surface area contributed by atoms with Gasteiger partial charge in [-0.1, -0.05) is 26.2 Å². The third-order valence-electron chi connectivity index (χ3n) is 4.20. The highest BCUT2D eigenvalue weighted by atomic mass is 16.5. The van der Waals surface area contributed by atoms with Crippen LogP contribution in [0.5, 0.6) is 0 Å². The normalized spacial score (nSPS) is 26.4. The molecule has 1 saturated carbocycles. The molecule has 0 amide bonds. The second kappa shape index (κ2) is 9.35. The van der Waals surface area contributed by atoms with Gasteiger partial charge in [-0.2, -0.15) is 0 Å². The zero-order valence-corrected chi connectivity index (χ0v) is 13.1. The maximum absolute atomic E-state index is 11.7. The lowest BCUT2D eigenvalue weighted by atomic mass is 9.79. The molecule has 118 valence electrons. The molecule has 4 heteroatoms. The van der Waals surface area contributed by atoms with Gasteiger partial charge < -0.3 is 15.2 Å². The van der Waals surface area contributed by atoms with Crippen molar-refractivity contribution in [2.24, 2.45) is 5.92 Å². The monoisotopic (exact) mass is 285 g/mol. The summed E-state index contributed by atoms with van der Waals surface area (Å²) < 4.78 is 5.05. The summed E-state index contributed by atoms with van der Waals surface area (Å²) in [6.07, 6.45) is 7.84. The van der Waals surface area contributed by atoms with Crippen molar-refractivity contribution in [1.29, 1.82) is 0 Å². The summed E-state index contributed by atoms with van der Waals surface area (Å²) in [7, 11) is 0. The Morgan fingerprint density at radius 1 is 1.25 bits per heavy atom. The molecule has 1 aliphatic carbocycles. The molecule has 0 unspecified atom stereocenters. The van der Waals surface area contributed by atoms with E-state index in [0.29, 0.717) is 26.0 Å². The Morgan fingerprint density at radius 2 is 1.95 bits per heavy atom. The lowest BCUT2D eigenvalue weighted by molar-refractivity contribution is -0.151. The van der Waals surface area contributed by atoms with E-state index in [1.807, 2.05) is 6.92 Å². The van der Waals surface area contributed by atoms with Crippen LogP contribution in [-0.4, -0.2) is 36.4 Å². The molecule has 0 bridgehead atoms. The SMILES string of the molecule is CCCCCCNCC1(O)CCC(C(=O)OCC)CC1. The molecule has 0 aliphatic heterocycles. The minimum absolute atomic E-state index is 0.0141. The van der Waals surface area contributed by atoms with E-state index in [9.17, 15) is 9.90 Å². The van der Waals surface area contributed by atoms with E-state index in [2.05, 4.69) is 12.2 Å². The van der Waals surface area contributed by atoms with Gasteiger partial charge in [0.05, 0.1) is 18.1 Å². The van der Waals surface area contributed by atoms with Gasteiger partial charge in [-0.05, 0) is 45.6 Å². The van der Waals surface area contributed by atoms with E-state index >= 15 is 0 Å². The highest BCUT2D eigenvalue weighted by Gasteiger charge is 2.35. The van der Waals surface area contributed by atoms with Gasteiger partial charge in [-0.15, -0.1) is 0 Å². The Morgan fingerprint density at radius 3 is 2.55 bits per heavy atom. The molecule has 0 aromatic carbocycles. The van der Waals surface area contributed by atoms with E-state index in [-0.39, 0.29) is 11.9 Å². The van der Waals surface area contributed by atoms with Crippen LogP contribution in [0.3, 0.4) is 0 Å². The van der Waals surface area contributed by atoms with E-state index in [4.69, 9.17) is 4.74 Å². The maximum Gasteiger partial charge on any atom is 0.308 e. The zero-order chi connectivity index (χ0) is 14.8. The molecule has 0 heterocycles. The van der Waals surface area contributed by atoms with E-state index in [1.54, 1.807) is 0 Å². The van der Waals surface area contributed by atoms with Crippen LogP contribution in [-0.2, 0) is 9.53 Å². The Kier molecular flexibility index (Phi) is 8.15. The molecule has 0 radical (unpaired) electrons. The summed E-state index contributed by atoms with van der Waals surface area (Å²) in [5.74, 6) is -0.109. The molecule has 0 atom stereocenters. The van der Waals surface area contributed by atoms with Gasteiger partial charge in [0.1, 0.15) is 0 Å². The van der Waals surface area contributed by atoms with Crippen molar-refractivity contribution in [3.63, 3.8) is 0 Å². The number of rotatable bonds is 9. The summed E-state index contributed by atoms with van der Waals surface area (Å²) in [4.78, 5) is 11.7. The van der Waals surface area contributed by atoms with Crippen LogP contribution in [0.4, 0.5) is 0 Å². The second-order valence-electron chi connectivity index (χ2n) is 5.99. The highest BCUT2D eigenvalue weighted by molar-refractivity contribution is 5.72. The molecule has 4 nitrogen and oxygen atoms in total. The van der Waals surface area contributed by atoms with Crippen molar-refractivity contribution in [1.82, 2.24) is 5.32 Å².